The number of halogens is 1. The third-order valence-corrected chi connectivity index (χ3v) is 4.59. The van der Waals surface area contributed by atoms with Crippen LogP contribution in [0.4, 0.5) is 0 Å². The first-order valence-corrected chi connectivity index (χ1v) is 7.50. The molecular formula is C14H14BrN3S. The Labute approximate surface area is 125 Å². The van der Waals surface area contributed by atoms with Crippen molar-refractivity contribution in [1.29, 1.82) is 0 Å². The number of nitrogens with one attached hydrogen (secondary N) is 1. The van der Waals surface area contributed by atoms with Crippen molar-refractivity contribution in [2.45, 2.75) is 32.6 Å². The minimum atomic E-state index is 0.599. The fourth-order valence-corrected chi connectivity index (χ4v) is 2.95. The van der Waals surface area contributed by atoms with Gasteiger partial charge in [0.15, 0.2) is 0 Å². The number of aromatic amines is 1. The van der Waals surface area contributed by atoms with Crippen LogP contribution >= 0.6 is 28.1 Å². The second-order valence-corrected chi connectivity index (χ2v) is 6.21. The Morgan fingerprint density at radius 1 is 1.21 bits per heavy atom. The van der Waals surface area contributed by atoms with E-state index in [1.165, 1.54) is 18.5 Å². The number of hydrogen-bond acceptors (Lipinski definition) is 3. The molecule has 3 rings (SSSR count). The van der Waals surface area contributed by atoms with E-state index in [1.54, 1.807) is 0 Å². The normalized spacial score (nSPS) is 14.7. The maximum absolute atomic E-state index is 5.35. The van der Waals surface area contributed by atoms with Crippen molar-refractivity contribution < 1.29 is 0 Å². The van der Waals surface area contributed by atoms with Gasteiger partial charge in [0.05, 0.1) is 4.47 Å². The second-order valence-electron chi connectivity index (χ2n) is 5.03. The maximum Gasteiger partial charge on any atom is 0.144 e. The molecule has 0 amide bonds. The Kier molecular flexibility index (Phi) is 3.27. The summed E-state index contributed by atoms with van der Waals surface area (Å²) in [7, 11) is 0. The SMILES string of the molecule is Cc1cc(-c2nc(=S)c(Br)c(C3CC3)[nH]2)cc(C)n1. The van der Waals surface area contributed by atoms with E-state index in [4.69, 9.17) is 12.2 Å². The molecule has 0 aliphatic heterocycles. The van der Waals surface area contributed by atoms with Gasteiger partial charge in [0, 0.05) is 28.6 Å². The van der Waals surface area contributed by atoms with Crippen molar-refractivity contribution in [1.82, 2.24) is 15.0 Å². The van der Waals surface area contributed by atoms with E-state index in [9.17, 15) is 0 Å². The van der Waals surface area contributed by atoms with Crippen LogP contribution in [0.15, 0.2) is 16.6 Å². The van der Waals surface area contributed by atoms with Gasteiger partial charge in [-0.1, -0.05) is 12.2 Å². The van der Waals surface area contributed by atoms with Crippen LogP contribution in [0.2, 0.25) is 0 Å². The molecule has 3 nitrogen and oxygen atoms in total. The molecule has 1 fully saturated rings. The molecule has 5 heteroatoms. The van der Waals surface area contributed by atoms with E-state index < -0.39 is 0 Å². The number of rotatable bonds is 2. The molecule has 0 atom stereocenters. The van der Waals surface area contributed by atoms with Crippen molar-refractivity contribution in [3.8, 4) is 11.4 Å². The Morgan fingerprint density at radius 2 is 1.84 bits per heavy atom. The summed E-state index contributed by atoms with van der Waals surface area (Å²) in [4.78, 5) is 12.3. The van der Waals surface area contributed by atoms with E-state index in [1.807, 2.05) is 26.0 Å². The van der Waals surface area contributed by atoms with Crippen LogP contribution in [0, 0.1) is 18.5 Å². The molecule has 2 aromatic rings. The molecule has 0 aromatic carbocycles. The predicted octanol–water partition coefficient (Wildman–Crippen LogP) is 4.46. The molecule has 1 N–H and O–H groups in total. The molecule has 19 heavy (non-hydrogen) atoms. The van der Waals surface area contributed by atoms with Gasteiger partial charge in [0.1, 0.15) is 10.5 Å². The lowest BCUT2D eigenvalue weighted by Crippen LogP contribution is -1.98. The molecule has 0 unspecified atom stereocenters. The fourth-order valence-electron chi connectivity index (χ4n) is 2.24. The number of H-pyrrole nitrogens is 1. The van der Waals surface area contributed by atoms with Gasteiger partial charge in [-0.3, -0.25) is 4.98 Å². The Hall–Kier alpha value is -1.07. The summed E-state index contributed by atoms with van der Waals surface area (Å²) in [5.41, 5.74) is 4.21. The predicted molar refractivity (Wildman–Crippen MR) is 81.8 cm³/mol. The standard InChI is InChI=1S/C14H14BrN3S/c1-7-5-10(6-8(2)16-7)13-17-12(9-3-4-9)11(15)14(19)18-13/h5-6,9H,3-4H2,1-2H3,(H,17,18,19). The van der Waals surface area contributed by atoms with Gasteiger partial charge in [-0.05, 0) is 54.8 Å². The number of pyridine rings is 1. The van der Waals surface area contributed by atoms with Crippen molar-refractivity contribution in [3.05, 3.63) is 38.3 Å². The van der Waals surface area contributed by atoms with E-state index in [0.717, 1.165) is 27.2 Å². The summed E-state index contributed by atoms with van der Waals surface area (Å²) in [5, 5.41) is 0. The van der Waals surface area contributed by atoms with E-state index >= 15 is 0 Å². The highest BCUT2D eigenvalue weighted by atomic mass is 79.9. The van der Waals surface area contributed by atoms with Crippen molar-refractivity contribution in [3.63, 3.8) is 0 Å². The van der Waals surface area contributed by atoms with Crippen LogP contribution in [0.25, 0.3) is 11.4 Å². The molecule has 98 valence electrons. The molecule has 1 saturated carbocycles. The average molecular weight is 336 g/mol. The largest absolute Gasteiger partial charge is 0.342 e. The van der Waals surface area contributed by atoms with Gasteiger partial charge in [0.25, 0.3) is 0 Å². The Bertz CT molecular complexity index is 684. The molecule has 0 spiro atoms. The van der Waals surface area contributed by atoms with E-state index in [0.29, 0.717) is 10.6 Å². The van der Waals surface area contributed by atoms with Crippen LogP contribution in [0.3, 0.4) is 0 Å². The smallest absolute Gasteiger partial charge is 0.144 e. The minimum Gasteiger partial charge on any atom is -0.342 e. The van der Waals surface area contributed by atoms with E-state index in [-0.39, 0.29) is 0 Å². The first-order chi connectivity index (χ1) is 9.04. The average Bonchev–Trinajstić information content (AvgIpc) is 3.15. The van der Waals surface area contributed by atoms with Gasteiger partial charge in [0.2, 0.25) is 0 Å². The number of nitrogens with zero attached hydrogens (tertiary/aromatic N) is 2. The summed E-state index contributed by atoms with van der Waals surface area (Å²) >= 11 is 8.89. The van der Waals surface area contributed by atoms with Crippen LogP contribution in [-0.4, -0.2) is 15.0 Å². The second kappa shape index (κ2) is 4.80. The van der Waals surface area contributed by atoms with Crippen molar-refractivity contribution in [2.75, 3.05) is 0 Å². The van der Waals surface area contributed by atoms with Crippen molar-refractivity contribution >= 4 is 28.1 Å². The van der Waals surface area contributed by atoms with Crippen LogP contribution in [0.5, 0.6) is 0 Å². The fraction of sp³-hybridized carbons (Fsp3) is 0.357. The molecule has 2 aromatic heterocycles. The molecule has 0 radical (unpaired) electrons. The van der Waals surface area contributed by atoms with Gasteiger partial charge < -0.3 is 4.98 Å². The first kappa shape index (κ1) is 12.9. The van der Waals surface area contributed by atoms with Gasteiger partial charge in [-0.15, -0.1) is 0 Å². The molecule has 2 heterocycles. The third kappa shape index (κ3) is 2.62. The summed E-state index contributed by atoms with van der Waals surface area (Å²) in [6.45, 7) is 3.98. The van der Waals surface area contributed by atoms with Gasteiger partial charge >= 0.3 is 0 Å². The quantitative estimate of drug-likeness (QED) is 0.824. The highest BCUT2D eigenvalue weighted by molar-refractivity contribution is 9.10. The summed E-state index contributed by atoms with van der Waals surface area (Å²) in [6.07, 6.45) is 2.45. The van der Waals surface area contributed by atoms with Gasteiger partial charge in [-0.25, -0.2) is 4.98 Å². The highest BCUT2D eigenvalue weighted by Gasteiger charge is 2.27. The zero-order valence-corrected chi connectivity index (χ0v) is 13.2. The lowest BCUT2D eigenvalue weighted by Gasteiger charge is -2.09. The summed E-state index contributed by atoms with van der Waals surface area (Å²) < 4.78 is 1.57. The Morgan fingerprint density at radius 3 is 2.42 bits per heavy atom. The summed E-state index contributed by atoms with van der Waals surface area (Å²) in [5.74, 6) is 1.44. The summed E-state index contributed by atoms with van der Waals surface area (Å²) in [6, 6.07) is 4.07. The lowest BCUT2D eigenvalue weighted by molar-refractivity contribution is 0.970. The number of aromatic nitrogens is 3. The molecule has 1 aliphatic carbocycles. The van der Waals surface area contributed by atoms with Crippen LogP contribution in [-0.2, 0) is 0 Å². The molecule has 1 aliphatic rings. The monoisotopic (exact) mass is 335 g/mol. The minimum absolute atomic E-state index is 0.599. The molecule has 0 saturated heterocycles. The van der Waals surface area contributed by atoms with Gasteiger partial charge in [-0.2, -0.15) is 0 Å². The van der Waals surface area contributed by atoms with Crippen molar-refractivity contribution in [2.24, 2.45) is 0 Å². The maximum atomic E-state index is 5.35. The molecule has 0 bridgehead atoms. The highest BCUT2D eigenvalue weighted by Crippen LogP contribution is 2.42. The zero-order valence-electron chi connectivity index (χ0n) is 10.8. The van der Waals surface area contributed by atoms with E-state index in [2.05, 4.69) is 30.9 Å². The Balaban J connectivity index is 2.17. The molecular weight excluding hydrogens is 322 g/mol. The third-order valence-electron chi connectivity index (χ3n) is 3.23. The van der Waals surface area contributed by atoms with Crippen LogP contribution < -0.4 is 0 Å². The lowest BCUT2D eigenvalue weighted by atomic mass is 10.2. The topological polar surface area (TPSA) is 41.6 Å². The first-order valence-electron chi connectivity index (χ1n) is 6.30. The number of hydrogen-bond donors (Lipinski definition) is 1. The van der Waals surface area contributed by atoms with Crippen LogP contribution in [0.1, 0.15) is 35.8 Å². The number of aryl methyl sites for hydroxylation is 2. The zero-order chi connectivity index (χ0) is 13.6.